The fourth-order valence-electron chi connectivity index (χ4n) is 1.82. The molecule has 0 bridgehead atoms. The van der Waals surface area contributed by atoms with E-state index in [1.54, 1.807) is 0 Å². The second-order valence-electron chi connectivity index (χ2n) is 4.09. The maximum absolute atomic E-state index is 13.5. The van der Waals surface area contributed by atoms with Gasteiger partial charge in [0.25, 0.3) is 0 Å². The number of rotatable bonds is 2. The van der Waals surface area contributed by atoms with Crippen molar-refractivity contribution in [2.75, 3.05) is 13.1 Å². The summed E-state index contributed by atoms with van der Waals surface area (Å²) in [6.07, 6.45) is 0.449. The summed E-state index contributed by atoms with van der Waals surface area (Å²) >= 11 is 0. The molecule has 100 valence electrons. The van der Waals surface area contributed by atoms with Gasteiger partial charge in [0.1, 0.15) is 4.90 Å². The molecule has 1 aliphatic heterocycles. The van der Waals surface area contributed by atoms with E-state index in [0.717, 1.165) is 4.31 Å². The summed E-state index contributed by atoms with van der Waals surface area (Å²) < 4.78 is 64.2. The molecule has 1 fully saturated rings. The van der Waals surface area contributed by atoms with Crippen molar-refractivity contribution in [1.29, 1.82) is 0 Å². The Labute approximate surface area is 102 Å². The van der Waals surface area contributed by atoms with Gasteiger partial charge in [0.05, 0.1) is 0 Å². The van der Waals surface area contributed by atoms with E-state index in [2.05, 4.69) is 0 Å². The Morgan fingerprint density at radius 2 is 1.89 bits per heavy atom. The lowest BCUT2D eigenvalue weighted by atomic mass is 10.3. The highest BCUT2D eigenvalue weighted by Crippen LogP contribution is 2.25. The van der Waals surface area contributed by atoms with Gasteiger partial charge in [-0.25, -0.2) is 21.6 Å². The monoisotopic (exact) mass is 280 g/mol. The van der Waals surface area contributed by atoms with Crippen LogP contribution in [0.5, 0.6) is 0 Å². The zero-order chi connectivity index (χ0) is 13.5. The molecule has 1 aromatic rings. The Bertz CT molecular complexity index is 577. The Morgan fingerprint density at radius 1 is 1.22 bits per heavy atom. The maximum atomic E-state index is 13.5. The summed E-state index contributed by atoms with van der Waals surface area (Å²) in [5, 5.41) is 0. The zero-order valence-corrected chi connectivity index (χ0v) is 10.1. The molecule has 1 heterocycles. The van der Waals surface area contributed by atoms with Crippen molar-refractivity contribution in [2.45, 2.75) is 17.4 Å². The molecule has 0 amide bonds. The first-order valence-electron chi connectivity index (χ1n) is 5.23. The van der Waals surface area contributed by atoms with Gasteiger partial charge in [0, 0.05) is 19.1 Å². The molecule has 1 aliphatic rings. The molecule has 18 heavy (non-hydrogen) atoms. The minimum absolute atomic E-state index is 0.0424. The predicted octanol–water partition coefficient (Wildman–Crippen LogP) is 0.826. The fraction of sp³-hybridized carbons (Fsp3) is 0.400. The molecule has 0 spiro atoms. The number of sulfonamides is 1. The van der Waals surface area contributed by atoms with Crippen molar-refractivity contribution in [2.24, 2.45) is 5.73 Å². The van der Waals surface area contributed by atoms with Crippen molar-refractivity contribution in [3.63, 3.8) is 0 Å². The standard InChI is InChI=1S/C10H11F3N2O2S/c11-7-1-2-8(10(13)9(7)12)18(16,17)15-4-3-6(14)5-15/h1-2,6H,3-5,14H2/t6-/m1/s1. The van der Waals surface area contributed by atoms with Crippen molar-refractivity contribution in [3.05, 3.63) is 29.6 Å². The molecule has 0 aliphatic carbocycles. The molecule has 0 aromatic heterocycles. The lowest BCUT2D eigenvalue weighted by Crippen LogP contribution is -2.32. The second-order valence-corrected chi connectivity index (χ2v) is 5.99. The molecule has 4 nitrogen and oxygen atoms in total. The van der Waals surface area contributed by atoms with E-state index >= 15 is 0 Å². The van der Waals surface area contributed by atoms with Crippen LogP contribution in [0.3, 0.4) is 0 Å². The number of hydrogen-bond acceptors (Lipinski definition) is 3. The van der Waals surface area contributed by atoms with Crippen LogP contribution in [-0.2, 0) is 10.0 Å². The highest BCUT2D eigenvalue weighted by atomic mass is 32.2. The minimum Gasteiger partial charge on any atom is -0.326 e. The summed E-state index contributed by atoms with van der Waals surface area (Å²) in [6, 6.07) is 0.974. The molecule has 1 aromatic carbocycles. The predicted molar refractivity (Wildman–Crippen MR) is 57.7 cm³/mol. The Kier molecular flexibility index (Phi) is 3.35. The molecule has 0 radical (unpaired) electrons. The Morgan fingerprint density at radius 3 is 2.44 bits per heavy atom. The average Bonchev–Trinajstić information content (AvgIpc) is 2.73. The molecule has 8 heteroatoms. The van der Waals surface area contributed by atoms with Crippen molar-refractivity contribution < 1.29 is 21.6 Å². The molecule has 2 N–H and O–H groups in total. The maximum Gasteiger partial charge on any atom is 0.246 e. The summed E-state index contributed by atoms with van der Waals surface area (Å²) in [6.45, 7) is 0.183. The summed E-state index contributed by atoms with van der Waals surface area (Å²) in [5.41, 5.74) is 5.56. The highest BCUT2D eigenvalue weighted by molar-refractivity contribution is 7.89. The fourth-order valence-corrected chi connectivity index (χ4v) is 3.39. The van der Waals surface area contributed by atoms with E-state index in [0.29, 0.717) is 18.6 Å². The van der Waals surface area contributed by atoms with E-state index in [1.165, 1.54) is 0 Å². The third-order valence-electron chi connectivity index (χ3n) is 2.81. The van der Waals surface area contributed by atoms with Crippen molar-refractivity contribution in [1.82, 2.24) is 4.31 Å². The van der Waals surface area contributed by atoms with Crippen LogP contribution in [0.2, 0.25) is 0 Å². The van der Waals surface area contributed by atoms with Gasteiger partial charge in [0.15, 0.2) is 17.5 Å². The van der Waals surface area contributed by atoms with E-state index in [9.17, 15) is 21.6 Å². The van der Waals surface area contributed by atoms with Crippen LogP contribution in [0.4, 0.5) is 13.2 Å². The van der Waals surface area contributed by atoms with Gasteiger partial charge in [-0.15, -0.1) is 0 Å². The second kappa shape index (κ2) is 4.52. The molecule has 1 atom stereocenters. The summed E-state index contributed by atoms with van der Waals surface area (Å²) in [5.74, 6) is -4.92. The number of nitrogens with zero attached hydrogens (tertiary/aromatic N) is 1. The van der Waals surface area contributed by atoms with E-state index in [-0.39, 0.29) is 19.1 Å². The van der Waals surface area contributed by atoms with Crippen LogP contribution in [0.25, 0.3) is 0 Å². The molecular formula is C10H11F3N2O2S. The van der Waals surface area contributed by atoms with Crippen molar-refractivity contribution >= 4 is 10.0 Å². The quantitative estimate of drug-likeness (QED) is 0.816. The van der Waals surface area contributed by atoms with E-state index < -0.39 is 32.4 Å². The lowest BCUT2D eigenvalue weighted by molar-refractivity contribution is 0.422. The molecule has 0 unspecified atom stereocenters. The third-order valence-corrected chi connectivity index (χ3v) is 4.69. The van der Waals surface area contributed by atoms with Gasteiger partial charge >= 0.3 is 0 Å². The summed E-state index contributed by atoms with van der Waals surface area (Å²) in [7, 11) is -4.17. The van der Waals surface area contributed by atoms with Crippen LogP contribution in [-0.4, -0.2) is 31.9 Å². The van der Waals surface area contributed by atoms with Crippen molar-refractivity contribution in [3.8, 4) is 0 Å². The van der Waals surface area contributed by atoms with E-state index in [4.69, 9.17) is 5.73 Å². The first-order valence-corrected chi connectivity index (χ1v) is 6.67. The van der Waals surface area contributed by atoms with Gasteiger partial charge in [-0.2, -0.15) is 4.31 Å². The van der Waals surface area contributed by atoms with Crippen LogP contribution < -0.4 is 5.73 Å². The number of benzene rings is 1. The number of hydrogen-bond donors (Lipinski definition) is 1. The summed E-state index contributed by atoms with van der Waals surface area (Å²) in [4.78, 5) is -0.865. The largest absolute Gasteiger partial charge is 0.326 e. The van der Waals surface area contributed by atoms with Crippen LogP contribution in [0.15, 0.2) is 17.0 Å². The van der Waals surface area contributed by atoms with Gasteiger partial charge in [0.2, 0.25) is 10.0 Å². The normalized spacial score (nSPS) is 21.4. The van der Waals surface area contributed by atoms with Gasteiger partial charge in [-0.1, -0.05) is 0 Å². The zero-order valence-electron chi connectivity index (χ0n) is 9.24. The SMILES string of the molecule is N[C@@H]1CCN(S(=O)(=O)c2ccc(F)c(F)c2F)C1. The number of nitrogens with two attached hydrogens (primary N) is 1. The van der Waals surface area contributed by atoms with Crippen LogP contribution in [0.1, 0.15) is 6.42 Å². The topological polar surface area (TPSA) is 63.4 Å². The van der Waals surface area contributed by atoms with Crippen LogP contribution >= 0.6 is 0 Å². The Hall–Kier alpha value is -1.12. The minimum atomic E-state index is -4.17. The third kappa shape index (κ3) is 2.11. The average molecular weight is 280 g/mol. The smallest absolute Gasteiger partial charge is 0.246 e. The van der Waals surface area contributed by atoms with Gasteiger partial charge in [-0.05, 0) is 18.6 Å². The van der Waals surface area contributed by atoms with Gasteiger partial charge in [-0.3, -0.25) is 0 Å². The molecule has 0 saturated carbocycles. The first-order chi connectivity index (χ1) is 8.34. The number of halogens is 3. The van der Waals surface area contributed by atoms with E-state index in [1.807, 2.05) is 0 Å². The molecular weight excluding hydrogens is 269 g/mol. The van der Waals surface area contributed by atoms with Gasteiger partial charge < -0.3 is 5.73 Å². The van der Waals surface area contributed by atoms with Crippen LogP contribution in [0, 0.1) is 17.5 Å². The highest BCUT2D eigenvalue weighted by Gasteiger charge is 2.34. The lowest BCUT2D eigenvalue weighted by Gasteiger charge is -2.16. The Balaban J connectivity index is 2.45. The molecule has 1 saturated heterocycles. The molecule has 2 rings (SSSR count). The first kappa shape index (κ1) is 13.3.